The van der Waals surface area contributed by atoms with Gasteiger partial charge in [0.2, 0.25) is 0 Å². The maximum Gasteiger partial charge on any atom is 0.336 e. The van der Waals surface area contributed by atoms with Crippen LogP contribution < -0.4 is 4.74 Å². The average molecular weight is 429 g/mol. The fourth-order valence-electron chi connectivity index (χ4n) is 3.10. The molecule has 1 heterocycles. The van der Waals surface area contributed by atoms with Crippen LogP contribution >= 0.6 is 0 Å². The summed E-state index contributed by atoms with van der Waals surface area (Å²) in [5, 5.41) is 14.3. The Labute approximate surface area is 181 Å². The minimum absolute atomic E-state index is 0.200. The van der Waals surface area contributed by atoms with Crippen LogP contribution in [0.4, 0.5) is 4.39 Å². The van der Waals surface area contributed by atoms with Gasteiger partial charge in [0.1, 0.15) is 12.4 Å². The lowest BCUT2D eigenvalue weighted by Crippen LogP contribution is -2.14. The van der Waals surface area contributed by atoms with Crippen LogP contribution in [0.15, 0.2) is 48.5 Å². The first-order chi connectivity index (χ1) is 15.1. The number of hydrogen-bond acceptors (Lipinski definition) is 6. The smallest absolute Gasteiger partial charge is 0.336 e. The van der Waals surface area contributed by atoms with Crippen molar-refractivity contribution in [2.75, 3.05) is 33.5 Å². The van der Waals surface area contributed by atoms with Crippen LogP contribution in [-0.2, 0) is 15.9 Å². The highest BCUT2D eigenvalue weighted by atomic mass is 19.1. The van der Waals surface area contributed by atoms with Crippen molar-refractivity contribution in [3.63, 3.8) is 0 Å². The summed E-state index contributed by atoms with van der Waals surface area (Å²) in [5.74, 6) is 0.130. The van der Waals surface area contributed by atoms with Gasteiger partial charge >= 0.3 is 6.01 Å². The lowest BCUT2D eigenvalue weighted by atomic mass is 10.1. The molecule has 3 rings (SSSR count). The Balaban J connectivity index is 1.81. The van der Waals surface area contributed by atoms with Crippen molar-refractivity contribution < 1.29 is 23.7 Å². The molecule has 0 saturated carbocycles. The van der Waals surface area contributed by atoms with Crippen LogP contribution in [0.5, 0.6) is 6.01 Å². The monoisotopic (exact) mass is 429 g/mol. The Morgan fingerprint density at radius 1 is 1.13 bits per heavy atom. The molecule has 2 aromatic carbocycles. The number of aliphatic hydroxyl groups is 1. The molecule has 0 aliphatic carbocycles. The van der Waals surface area contributed by atoms with Crippen molar-refractivity contribution in [1.82, 2.24) is 14.8 Å². The second-order valence-electron chi connectivity index (χ2n) is 7.00. The van der Waals surface area contributed by atoms with E-state index in [1.54, 1.807) is 23.9 Å². The molecule has 1 aromatic heterocycles. The molecule has 8 heteroatoms. The van der Waals surface area contributed by atoms with Crippen molar-refractivity contribution in [3.05, 3.63) is 59.9 Å². The van der Waals surface area contributed by atoms with Crippen molar-refractivity contribution >= 4 is 0 Å². The van der Waals surface area contributed by atoms with Crippen molar-refractivity contribution in [2.45, 2.75) is 25.9 Å². The van der Waals surface area contributed by atoms with E-state index in [1.165, 1.54) is 12.1 Å². The number of aryl methyl sites for hydroxylation is 1. The van der Waals surface area contributed by atoms with Gasteiger partial charge in [0.15, 0.2) is 5.82 Å². The fraction of sp³-hybridized carbons (Fsp3) is 0.391. The maximum absolute atomic E-state index is 13.8. The third-order valence-electron chi connectivity index (χ3n) is 4.64. The number of aromatic nitrogens is 3. The molecule has 0 aliphatic heterocycles. The minimum atomic E-state index is -0.490. The molecule has 0 amide bonds. The van der Waals surface area contributed by atoms with Crippen molar-refractivity contribution in [1.29, 1.82) is 0 Å². The van der Waals surface area contributed by atoms with Gasteiger partial charge in [-0.2, -0.15) is 4.98 Å². The number of halogens is 1. The number of methoxy groups -OCH3 is 1. The normalized spacial score (nSPS) is 12.1. The van der Waals surface area contributed by atoms with Gasteiger partial charge in [0, 0.05) is 19.3 Å². The first-order valence-electron chi connectivity index (χ1n) is 10.3. The van der Waals surface area contributed by atoms with Crippen LogP contribution in [0, 0.1) is 5.82 Å². The highest BCUT2D eigenvalue weighted by molar-refractivity contribution is 5.58. The largest absolute Gasteiger partial charge is 0.460 e. The van der Waals surface area contributed by atoms with Gasteiger partial charge in [-0.15, -0.1) is 5.10 Å². The topological polar surface area (TPSA) is 78.6 Å². The standard InChI is InChI=1S/C23H28FN3O4/c1-3-30-13-14-31-23-25-22(18-5-4-6-19(24)15-18)27(26-23)20-10-7-17(8-11-20)9-12-21(28)16-29-2/h4-8,10-11,15,21,28H,3,9,12-14,16H2,1-2H3/t21-/m0/s1. The van der Waals surface area contributed by atoms with Crippen molar-refractivity contribution in [3.8, 4) is 23.1 Å². The van der Waals surface area contributed by atoms with E-state index in [1.807, 2.05) is 31.2 Å². The van der Waals surface area contributed by atoms with Crippen LogP contribution in [0.1, 0.15) is 18.9 Å². The van der Waals surface area contributed by atoms with Crippen LogP contribution in [-0.4, -0.2) is 59.5 Å². The molecule has 0 aliphatic rings. The Morgan fingerprint density at radius 2 is 1.94 bits per heavy atom. The first-order valence-corrected chi connectivity index (χ1v) is 10.3. The van der Waals surface area contributed by atoms with Gasteiger partial charge in [0.05, 0.1) is 25.0 Å². The fourth-order valence-corrected chi connectivity index (χ4v) is 3.10. The summed E-state index contributed by atoms with van der Waals surface area (Å²) < 4.78 is 31.3. The highest BCUT2D eigenvalue weighted by Crippen LogP contribution is 2.24. The number of hydrogen-bond donors (Lipinski definition) is 1. The number of aliphatic hydroxyl groups excluding tert-OH is 1. The minimum Gasteiger partial charge on any atom is -0.460 e. The molecule has 1 atom stereocenters. The van der Waals surface area contributed by atoms with E-state index in [0.717, 1.165) is 17.7 Å². The zero-order valence-electron chi connectivity index (χ0n) is 17.8. The molecule has 0 unspecified atom stereocenters. The molecule has 0 fully saturated rings. The molecule has 0 saturated heterocycles. The van der Waals surface area contributed by atoms with Gasteiger partial charge in [0.25, 0.3) is 0 Å². The van der Waals surface area contributed by atoms with Gasteiger partial charge in [-0.25, -0.2) is 9.07 Å². The summed E-state index contributed by atoms with van der Waals surface area (Å²) >= 11 is 0. The SMILES string of the molecule is CCOCCOc1nc(-c2cccc(F)c2)n(-c2ccc(CC[C@H](O)COC)cc2)n1. The molecule has 0 spiro atoms. The molecular weight excluding hydrogens is 401 g/mol. The number of benzene rings is 2. The molecular formula is C23H28FN3O4. The first kappa shape index (κ1) is 22.9. The predicted octanol–water partition coefficient (Wildman–Crippen LogP) is 3.43. The highest BCUT2D eigenvalue weighted by Gasteiger charge is 2.15. The second kappa shape index (κ2) is 11.5. The van der Waals surface area contributed by atoms with E-state index in [2.05, 4.69) is 10.1 Å². The Hall–Kier alpha value is -2.81. The van der Waals surface area contributed by atoms with E-state index >= 15 is 0 Å². The lowest BCUT2D eigenvalue weighted by molar-refractivity contribution is 0.0595. The summed E-state index contributed by atoms with van der Waals surface area (Å²) in [6, 6.07) is 14.2. The van der Waals surface area contributed by atoms with E-state index < -0.39 is 6.10 Å². The molecule has 3 aromatic rings. The molecule has 7 nitrogen and oxygen atoms in total. The van der Waals surface area contributed by atoms with E-state index in [9.17, 15) is 9.50 Å². The number of rotatable bonds is 12. The summed E-state index contributed by atoms with van der Waals surface area (Å²) in [6.07, 6.45) is 0.851. The summed E-state index contributed by atoms with van der Waals surface area (Å²) in [7, 11) is 1.57. The third-order valence-corrected chi connectivity index (χ3v) is 4.64. The molecule has 31 heavy (non-hydrogen) atoms. The van der Waals surface area contributed by atoms with Gasteiger partial charge < -0.3 is 19.3 Å². The molecule has 0 radical (unpaired) electrons. The molecule has 0 bridgehead atoms. The Morgan fingerprint density at radius 3 is 2.65 bits per heavy atom. The average Bonchev–Trinajstić information content (AvgIpc) is 3.20. The number of ether oxygens (including phenoxy) is 3. The summed E-state index contributed by atoms with van der Waals surface area (Å²) in [4.78, 5) is 4.46. The Bertz CT molecular complexity index is 946. The van der Waals surface area contributed by atoms with E-state index in [-0.39, 0.29) is 11.8 Å². The number of nitrogens with zero attached hydrogens (tertiary/aromatic N) is 3. The van der Waals surface area contributed by atoms with Crippen LogP contribution in [0.3, 0.4) is 0 Å². The van der Waals surface area contributed by atoms with Crippen LogP contribution in [0.2, 0.25) is 0 Å². The molecule has 1 N–H and O–H groups in total. The van der Waals surface area contributed by atoms with Crippen LogP contribution in [0.25, 0.3) is 17.1 Å². The molecule has 166 valence electrons. The van der Waals surface area contributed by atoms with Crippen molar-refractivity contribution in [2.24, 2.45) is 0 Å². The Kier molecular flexibility index (Phi) is 8.52. The third kappa shape index (κ3) is 6.58. The summed E-state index contributed by atoms with van der Waals surface area (Å²) in [5.41, 5.74) is 2.45. The predicted molar refractivity (Wildman–Crippen MR) is 115 cm³/mol. The van der Waals surface area contributed by atoms with E-state index in [0.29, 0.717) is 44.2 Å². The van der Waals surface area contributed by atoms with E-state index in [4.69, 9.17) is 14.2 Å². The zero-order valence-corrected chi connectivity index (χ0v) is 17.8. The quantitative estimate of drug-likeness (QED) is 0.445. The zero-order chi connectivity index (χ0) is 22.1. The van der Waals surface area contributed by atoms with Gasteiger partial charge in [-0.1, -0.05) is 24.3 Å². The summed E-state index contributed by atoms with van der Waals surface area (Å²) in [6.45, 7) is 3.60. The van der Waals surface area contributed by atoms with Gasteiger partial charge in [-0.05, 0) is 49.6 Å². The lowest BCUT2D eigenvalue weighted by Gasteiger charge is -2.10. The second-order valence-corrected chi connectivity index (χ2v) is 7.00. The van der Waals surface area contributed by atoms with Gasteiger partial charge in [-0.3, -0.25) is 0 Å². The maximum atomic E-state index is 13.8.